The number of hydrogen-bond acceptors (Lipinski definition) is 6. The predicted octanol–water partition coefficient (Wildman–Crippen LogP) is -1.01. The Morgan fingerprint density at radius 2 is 1.76 bits per heavy atom. The third kappa shape index (κ3) is 6.85. The number of nitrogens with one attached hydrogen (secondary N) is 1. The van der Waals surface area contributed by atoms with Crippen LogP contribution in [0.15, 0.2) is 24.3 Å². The summed E-state index contributed by atoms with van der Waals surface area (Å²) in [5.41, 5.74) is 0.377. The maximum Gasteiger partial charge on any atom is 0.254 e. The quantitative estimate of drug-likeness (QED) is 0.310. The van der Waals surface area contributed by atoms with E-state index in [1.54, 1.807) is 24.3 Å². The summed E-state index contributed by atoms with van der Waals surface area (Å²) in [6.45, 7) is 0.185. The molecule has 0 heterocycles. The van der Waals surface area contributed by atoms with Crippen molar-refractivity contribution in [3.8, 4) is 0 Å². The van der Waals surface area contributed by atoms with Crippen molar-refractivity contribution in [3.63, 3.8) is 0 Å². The number of benzene rings is 1. The van der Waals surface area contributed by atoms with Crippen LogP contribution in [0.2, 0.25) is 5.02 Å². The predicted molar refractivity (Wildman–Crippen MR) is 76.7 cm³/mol. The van der Waals surface area contributed by atoms with Gasteiger partial charge in [0.25, 0.3) is 5.91 Å². The van der Waals surface area contributed by atoms with E-state index in [0.717, 1.165) is 0 Å². The van der Waals surface area contributed by atoms with Crippen molar-refractivity contribution in [1.29, 1.82) is 0 Å². The number of hydrogen-bond donors (Lipinski definition) is 5. The second-order valence-corrected chi connectivity index (χ2v) is 4.86. The Labute approximate surface area is 127 Å². The molecule has 0 fully saturated rings. The molecule has 21 heavy (non-hydrogen) atoms. The molecule has 0 aliphatic carbocycles. The van der Waals surface area contributed by atoms with Gasteiger partial charge in [0.2, 0.25) is 0 Å². The normalized spacial score (nSPS) is 11.2. The molecule has 1 rings (SSSR count). The van der Waals surface area contributed by atoms with Crippen LogP contribution in [0.3, 0.4) is 0 Å². The van der Waals surface area contributed by atoms with E-state index < -0.39 is 12.6 Å². The monoisotopic (exact) mass is 318 g/mol. The average Bonchev–Trinajstić information content (AvgIpc) is 2.41. The van der Waals surface area contributed by atoms with E-state index in [1.165, 1.54) is 4.90 Å². The molecular formula is C13H19ClN2O5. The lowest BCUT2D eigenvalue weighted by molar-refractivity contribution is -0.0573. The lowest BCUT2D eigenvalue weighted by Gasteiger charge is -2.24. The second-order valence-electron chi connectivity index (χ2n) is 4.42. The van der Waals surface area contributed by atoms with E-state index in [2.05, 4.69) is 5.32 Å². The Morgan fingerprint density at radius 1 is 1.14 bits per heavy atom. The number of carbonyl (C=O) groups excluding carboxylic acids is 1. The van der Waals surface area contributed by atoms with Crippen LogP contribution < -0.4 is 5.32 Å². The van der Waals surface area contributed by atoms with E-state index >= 15 is 0 Å². The zero-order valence-electron chi connectivity index (χ0n) is 11.3. The van der Waals surface area contributed by atoms with Crippen LogP contribution in [0.5, 0.6) is 0 Å². The molecule has 118 valence electrons. The molecule has 0 spiro atoms. The number of aliphatic hydroxyl groups excluding tert-OH is 2. The molecule has 0 bridgehead atoms. The van der Waals surface area contributed by atoms with Gasteiger partial charge in [-0.2, -0.15) is 0 Å². The van der Waals surface area contributed by atoms with Gasteiger partial charge in [0.1, 0.15) is 0 Å². The van der Waals surface area contributed by atoms with Gasteiger partial charge in [-0.15, -0.1) is 0 Å². The summed E-state index contributed by atoms with van der Waals surface area (Å²) in [6.07, 6.45) is -3.13. The summed E-state index contributed by atoms with van der Waals surface area (Å²) in [4.78, 5) is 13.5. The number of nitrogens with zero attached hydrogens (tertiary/aromatic N) is 1. The molecule has 0 aromatic heterocycles. The molecule has 5 N–H and O–H groups in total. The first-order valence-electron chi connectivity index (χ1n) is 6.38. The van der Waals surface area contributed by atoms with Gasteiger partial charge in [0.05, 0.1) is 6.54 Å². The Hall–Kier alpha value is -1.22. The van der Waals surface area contributed by atoms with Gasteiger partial charge < -0.3 is 30.6 Å². The summed E-state index contributed by atoms with van der Waals surface area (Å²) in [5.74, 6) is -0.369. The zero-order chi connectivity index (χ0) is 15.8. The molecular weight excluding hydrogens is 300 g/mol. The van der Waals surface area contributed by atoms with Crippen molar-refractivity contribution in [2.75, 3.05) is 26.2 Å². The Bertz CT molecular complexity index is 439. The molecule has 0 radical (unpaired) electrons. The van der Waals surface area contributed by atoms with Crippen molar-refractivity contribution in [3.05, 3.63) is 34.9 Å². The summed E-state index contributed by atoms with van der Waals surface area (Å²) in [6, 6.07) is 6.24. The van der Waals surface area contributed by atoms with Gasteiger partial charge in [-0.05, 0) is 24.3 Å². The Kier molecular flexibility index (Phi) is 7.58. The van der Waals surface area contributed by atoms with Gasteiger partial charge in [-0.1, -0.05) is 11.6 Å². The average molecular weight is 319 g/mol. The SMILES string of the molecule is O=C(c1ccc(Cl)cc1)N(CCNCC(O)O)CC(O)O. The standard InChI is InChI=1S/C13H19ClN2O5/c14-10-3-1-9(2-4-10)13(21)16(8-12(19)20)6-5-15-7-11(17)18/h1-4,11-12,15,17-20H,5-8H2. The highest BCUT2D eigenvalue weighted by Crippen LogP contribution is 2.11. The van der Waals surface area contributed by atoms with E-state index in [-0.39, 0.29) is 32.1 Å². The Balaban J connectivity index is 2.63. The zero-order valence-corrected chi connectivity index (χ0v) is 12.1. The minimum atomic E-state index is -1.65. The number of amides is 1. The fourth-order valence-corrected chi connectivity index (χ4v) is 1.82. The highest BCUT2D eigenvalue weighted by atomic mass is 35.5. The minimum Gasteiger partial charge on any atom is -0.367 e. The van der Waals surface area contributed by atoms with E-state index in [0.29, 0.717) is 10.6 Å². The molecule has 0 aliphatic rings. The second kappa shape index (κ2) is 8.93. The van der Waals surface area contributed by atoms with Crippen LogP contribution >= 0.6 is 11.6 Å². The molecule has 1 aromatic rings. The van der Waals surface area contributed by atoms with Crippen LogP contribution in [0.25, 0.3) is 0 Å². The summed E-state index contributed by atoms with van der Waals surface area (Å²) < 4.78 is 0. The molecule has 1 aromatic carbocycles. The van der Waals surface area contributed by atoms with Gasteiger partial charge in [0.15, 0.2) is 12.6 Å². The van der Waals surface area contributed by atoms with Gasteiger partial charge >= 0.3 is 0 Å². The molecule has 0 aliphatic heterocycles. The third-order valence-electron chi connectivity index (χ3n) is 2.65. The first-order valence-corrected chi connectivity index (χ1v) is 6.75. The van der Waals surface area contributed by atoms with Crippen LogP contribution in [0.1, 0.15) is 10.4 Å². The Morgan fingerprint density at radius 3 is 2.29 bits per heavy atom. The largest absolute Gasteiger partial charge is 0.367 e. The molecule has 8 heteroatoms. The van der Waals surface area contributed by atoms with Crippen LogP contribution in [0, 0.1) is 0 Å². The first-order chi connectivity index (χ1) is 9.90. The third-order valence-corrected chi connectivity index (χ3v) is 2.90. The van der Waals surface area contributed by atoms with Crippen molar-refractivity contribution in [2.24, 2.45) is 0 Å². The maximum atomic E-state index is 12.3. The van der Waals surface area contributed by atoms with Crippen molar-refractivity contribution >= 4 is 17.5 Å². The lowest BCUT2D eigenvalue weighted by Crippen LogP contribution is -2.42. The van der Waals surface area contributed by atoms with E-state index in [9.17, 15) is 4.79 Å². The molecule has 7 nitrogen and oxygen atoms in total. The number of aliphatic hydroxyl groups is 4. The fourth-order valence-electron chi connectivity index (χ4n) is 1.69. The van der Waals surface area contributed by atoms with E-state index in [4.69, 9.17) is 32.0 Å². The molecule has 0 saturated carbocycles. The summed E-state index contributed by atoms with van der Waals surface area (Å²) >= 11 is 5.75. The smallest absolute Gasteiger partial charge is 0.254 e. The van der Waals surface area contributed by atoms with Crippen molar-refractivity contribution in [1.82, 2.24) is 10.2 Å². The number of carbonyl (C=O) groups is 1. The summed E-state index contributed by atoms with van der Waals surface area (Å²) in [7, 11) is 0. The van der Waals surface area contributed by atoms with Gasteiger partial charge in [-0.25, -0.2) is 0 Å². The van der Waals surface area contributed by atoms with Crippen LogP contribution in [-0.4, -0.2) is 70.0 Å². The minimum absolute atomic E-state index is 0.0370. The van der Waals surface area contributed by atoms with Gasteiger partial charge in [0, 0.05) is 30.2 Å². The number of rotatable bonds is 8. The first kappa shape index (κ1) is 17.8. The molecule has 0 unspecified atom stereocenters. The molecule has 0 saturated heterocycles. The molecule has 1 amide bonds. The highest BCUT2D eigenvalue weighted by Gasteiger charge is 2.17. The maximum absolute atomic E-state index is 12.3. The van der Waals surface area contributed by atoms with Crippen LogP contribution in [-0.2, 0) is 0 Å². The molecule has 0 atom stereocenters. The highest BCUT2D eigenvalue weighted by molar-refractivity contribution is 6.30. The topological polar surface area (TPSA) is 113 Å². The van der Waals surface area contributed by atoms with Crippen molar-refractivity contribution < 1.29 is 25.2 Å². The fraction of sp³-hybridized carbons (Fsp3) is 0.462. The lowest BCUT2D eigenvalue weighted by atomic mass is 10.2. The van der Waals surface area contributed by atoms with Crippen LogP contribution in [0.4, 0.5) is 0 Å². The van der Waals surface area contributed by atoms with E-state index in [1.807, 2.05) is 0 Å². The van der Waals surface area contributed by atoms with Gasteiger partial charge in [-0.3, -0.25) is 4.79 Å². The summed E-state index contributed by atoms with van der Waals surface area (Å²) in [5, 5.41) is 38.7. The number of halogens is 1. The van der Waals surface area contributed by atoms with Crippen molar-refractivity contribution in [2.45, 2.75) is 12.6 Å².